The van der Waals surface area contributed by atoms with Crippen LogP contribution in [0.3, 0.4) is 0 Å². The highest BCUT2D eigenvalue weighted by Gasteiger charge is 2.22. The van der Waals surface area contributed by atoms with Crippen molar-refractivity contribution in [3.8, 4) is 17.2 Å². The van der Waals surface area contributed by atoms with E-state index in [1.54, 1.807) is 0 Å². The first kappa shape index (κ1) is 13.0. The number of nitrogens with one attached hydrogen (secondary N) is 2. The summed E-state index contributed by atoms with van der Waals surface area (Å²) in [6.07, 6.45) is 0.941. The first-order valence-corrected chi connectivity index (χ1v) is 7.19. The fraction of sp³-hybridized carbons (Fsp3) is 0.267. The van der Waals surface area contributed by atoms with Crippen LogP contribution in [0.4, 0.5) is 0 Å². The Hall–Kier alpha value is -2.67. The van der Waals surface area contributed by atoms with Gasteiger partial charge in [0.25, 0.3) is 5.56 Å². The molecule has 1 aliphatic heterocycles. The molecule has 0 aliphatic carbocycles. The molecule has 1 atom stereocenters. The zero-order valence-corrected chi connectivity index (χ0v) is 11.8. The van der Waals surface area contributed by atoms with Gasteiger partial charge in [-0.3, -0.25) is 15.0 Å². The van der Waals surface area contributed by atoms with E-state index in [2.05, 4.69) is 20.3 Å². The summed E-state index contributed by atoms with van der Waals surface area (Å²) in [7, 11) is 0. The third-order valence-corrected chi connectivity index (χ3v) is 3.79. The maximum Gasteiger partial charge on any atom is 0.271 e. The molecule has 1 saturated heterocycles. The van der Waals surface area contributed by atoms with Crippen molar-refractivity contribution >= 4 is 0 Å². The van der Waals surface area contributed by atoms with Gasteiger partial charge in [-0.15, -0.1) is 0 Å². The van der Waals surface area contributed by atoms with E-state index in [4.69, 9.17) is 4.74 Å². The lowest BCUT2D eigenvalue weighted by molar-refractivity contribution is 0.193. The summed E-state index contributed by atoms with van der Waals surface area (Å²) < 4.78 is 6.83. The average molecular weight is 297 g/mol. The normalized spacial score (nSPS) is 17.9. The van der Waals surface area contributed by atoms with Gasteiger partial charge in [0.05, 0.1) is 12.3 Å². The van der Waals surface area contributed by atoms with Gasteiger partial charge >= 0.3 is 0 Å². The second-order valence-electron chi connectivity index (χ2n) is 5.28. The Morgan fingerprint density at radius 1 is 1.27 bits per heavy atom. The van der Waals surface area contributed by atoms with Crippen LogP contribution in [-0.2, 0) is 4.74 Å². The fourth-order valence-corrected chi connectivity index (χ4v) is 2.61. The Balaban J connectivity index is 1.68. The molecule has 4 rings (SSSR count). The molecule has 2 N–H and O–H groups in total. The van der Waals surface area contributed by atoms with Gasteiger partial charge in [-0.05, 0) is 18.6 Å². The Kier molecular flexibility index (Phi) is 3.12. The first-order chi connectivity index (χ1) is 10.8. The van der Waals surface area contributed by atoms with Gasteiger partial charge in [0.1, 0.15) is 11.5 Å². The molecule has 3 aromatic rings. The molecule has 1 aromatic carbocycles. The van der Waals surface area contributed by atoms with Crippen molar-refractivity contribution in [1.29, 1.82) is 0 Å². The molecule has 0 radical (unpaired) electrons. The van der Waals surface area contributed by atoms with E-state index in [9.17, 15) is 4.79 Å². The van der Waals surface area contributed by atoms with E-state index >= 15 is 0 Å². The summed E-state index contributed by atoms with van der Waals surface area (Å²) in [5, 5.41) is 10.2. The predicted octanol–water partition coefficient (Wildman–Crippen LogP) is 1.45. The molecule has 0 spiro atoms. The number of hydrogen-bond acceptors (Lipinski definition) is 4. The summed E-state index contributed by atoms with van der Waals surface area (Å²) in [6, 6.07) is 10.9. The molecule has 112 valence electrons. The number of para-hydroxylation sites is 1. The number of H-pyrrole nitrogens is 2. The van der Waals surface area contributed by atoms with Crippen LogP contribution in [0.5, 0.6) is 0 Å². The van der Waals surface area contributed by atoms with E-state index in [0.717, 1.165) is 24.5 Å². The molecule has 2 aromatic heterocycles. The monoisotopic (exact) mass is 297 g/mol. The molecule has 0 saturated carbocycles. The standard InChI is InChI=1S/C15H15N5O2/c21-13-8-12(19-20(13)11-4-2-1-3-5-11)15-16-14(17-18-15)10-6-7-22-9-10/h1-5,8,10,19H,6-7,9H2,(H,16,17,18). The second-order valence-corrected chi connectivity index (χ2v) is 5.28. The van der Waals surface area contributed by atoms with Crippen LogP contribution < -0.4 is 5.56 Å². The Morgan fingerprint density at radius 3 is 2.91 bits per heavy atom. The van der Waals surface area contributed by atoms with Gasteiger partial charge in [-0.1, -0.05) is 18.2 Å². The zero-order valence-electron chi connectivity index (χ0n) is 11.8. The molecule has 1 unspecified atom stereocenters. The third-order valence-electron chi connectivity index (χ3n) is 3.79. The summed E-state index contributed by atoms with van der Waals surface area (Å²) in [5.41, 5.74) is 1.23. The lowest BCUT2D eigenvalue weighted by atomic mass is 10.1. The fourth-order valence-electron chi connectivity index (χ4n) is 2.61. The second kappa shape index (κ2) is 5.27. The molecule has 0 bridgehead atoms. The van der Waals surface area contributed by atoms with E-state index in [-0.39, 0.29) is 11.5 Å². The smallest absolute Gasteiger partial charge is 0.271 e. The van der Waals surface area contributed by atoms with E-state index in [0.29, 0.717) is 18.1 Å². The lowest BCUT2D eigenvalue weighted by Crippen LogP contribution is -2.12. The minimum Gasteiger partial charge on any atom is -0.381 e. The van der Waals surface area contributed by atoms with Crippen molar-refractivity contribution in [3.63, 3.8) is 0 Å². The van der Waals surface area contributed by atoms with Crippen LogP contribution in [-0.4, -0.2) is 38.2 Å². The van der Waals surface area contributed by atoms with Crippen LogP contribution in [0.25, 0.3) is 17.2 Å². The molecule has 1 aliphatic rings. The van der Waals surface area contributed by atoms with Gasteiger partial charge < -0.3 is 4.74 Å². The topological polar surface area (TPSA) is 88.6 Å². The quantitative estimate of drug-likeness (QED) is 0.766. The van der Waals surface area contributed by atoms with Crippen molar-refractivity contribution in [1.82, 2.24) is 25.0 Å². The van der Waals surface area contributed by atoms with E-state index in [1.807, 2.05) is 30.3 Å². The maximum absolute atomic E-state index is 12.1. The van der Waals surface area contributed by atoms with Crippen molar-refractivity contribution < 1.29 is 4.74 Å². The SMILES string of the molecule is O=c1cc(-c2n[nH]c(C3CCOC3)n2)[nH]n1-c1ccccc1. The molecular weight excluding hydrogens is 282 g/mol. The molecule has 7 nitrogen and oxygen atoms in total. The first-order valence-electron chi connectivity index (χ1n) is 7.19. The van der Waals surface area contributed by atoms with Crippen LogP contribution in [0, 0.1) is 0 Å². The molecule has 7 heteroatoms. The van der Waals surface area contributed by atoms with Crippen molar-refractivity contribution in [3.05, 3.63) is 52.6 Å². The summed E-state index contributed by atoms with van der Waals surface area (Å²) in [5.74, 6) is 1.55. The summed E-state index contributed by atoms with van der Waals surface area (Å²) in [4.78, 5) is 16.6. The number of hydrogen-bond donors (Lipinski definition) is 2. The molecular formula is C15H15N5O2. The Labute approximate surface area is 125 Å². The number of aromatic amines is 2. The van der Waals surface area contributed by atoms with Gasteiger partial charge in [0.2, 0.25) is 0 Å². The van der Waals surface area contributed by atoms with E-state index in [1.165, 1.54) is 10.7 Å². The predicted molar refractivity (Wildman–Crippen MR) is 79.9 cm³/mol. The minimum absolute atomic E-state index is 0.142. The number of nitrogens with zero attached hydrogens (tertiary/aromatic N) is 3. The molecule has 1 fully saturated rings. The molecule has 3 heterocycles. The van der Waals surface area contributed by atoms with Gasteiger partial charge in [0.15, 0.2) is 5.82 Å². The summed E-state index contributed by atoms with van der Waals surface area (Å²) >= 11 is 0. The highest BCUT2D eigenvalue weighted by atomic mass is 16.5. The minimum atomic E-state index is -0.142. The largest absolute Gasteiger partial charge is 0.381 e. The van der Waals surface area contributed by atoms with Crippen molar-refractivity contribution in [2.45, 2.75) is 12.3 Å². The van der Waals surface area contributed by atoms with Gasteiger partial charge in [-0.2, -0.15) is 5.10 Å². The Bertz CT molecular complexity index is 827. The number of aromatic nitrogens is 5. The maximum atomic E-state index is 12.1. The van der Waals surface area contributed by atoms with E-state index < -0.39 is 0 Å². The van der Waals surface area contributed by atoms with Crippen molar-refractivity contribution in [2.75, 3.05) is 13.2 Å². The van der Waals surface area contributed by atoms with Gasteiger partial charge in [-0.25, -0.2) is 9.67 Å². The number of benzene rings is 1. The number of ether oxygens (including phenoxy) is 1. The van der Waals surface area contributed by atoms with Crippen LogP contribution in [0.2, 0.25) is 0 Å². The molecule has 22 heavy (non-hydrogen) atoms. The molecule has 0 amide bonds. The Morgan fingerprint density at radius 2 is 2.14 bits per heavy atom. The average Bonchev–Trinajstić information content (AvgIpc) is 3.28. The van der Waals surface area contributed by atoms with Gasteiger partial charge in [0, 0.05) is 18.6 Å². The highest BCUT2D eigenvalue weighted by molar-refractivity contribution is 5.48. The zero-order chi connectivity index (χ0) is 14.9. The van der Waals surface area contributed by atoms with Crippen LogP contribution in [0.1, 0.15) is 18.2 Å². The summed E-state index contributed by atoms with van der Waals surface area (Å²) in [6.45, 7) is 1.41. The number of rotatable bonds is 3. The third kappa shape index (κ3) is 2.25. The van der Waals surface area contributed by atoms with Crippen LogP contribution >= 0.6 is 0 Å². The van der Waals surface area contributed by atoms with Crippen LogP contribution in [0.15, 0.2) is 41.2 Å². The highest BCUT2D eigenvalue weighted by Crippen LogP contribution is 2.23. The lowest BCUT2D eigenvalue weighted by Gasteiger charge is -2.00. The van der Waals surface area contributed by atoms with Crippen molar-refractivity contribution in [2.24, 2.45) is 0 Å².